The van der Waals surface area contributed by atoms with E-state index in [-0.39, 0.29) is 5.56 Å². The van der Waals surface area contributed by atoms with Gasteiger partial charge in [0.05, 0.1) is 0 Å². The van der Waals surface area contributed by atoms with Crippen molar-refractivity contribution in [2.75, 3.05) is 0 Å². The fraction of sp³-hybridized carbons (Fsp3) is 0. The molecular formula is C13H8N2O3S. The zero-order valence-electron chi connectivity index (χ0n) is 9.61. The summed E-state index contributed by atoms with van der Waals surface area (Å²) in [6, 6.07) is 10.7. The third-order valence-corrected chi connectivity index (χ3v) is 3.21. The average molecular weight is 272 g/mol. The number of ether oxygens (including phenoxy) is 1. The topological polar surface area (TPSA) is 72.3 Å². The van der Waals surface area contributed by atoms with Gasteiger partial charge >= 0.3 is 5.97 Å². The Kier molecular flexibility index (Phi) is 2.85. The lowest BCUT2D eigenvalue weighted by Crippen LogP contribution is -2.00. The van der Waals surface area contributed by atoms with E-state index in [0.29, 0.717) is 10.9 Å². The summed E-state index contributed by atoms with van der Waals surface area (Å²) < 4.78 is 5.59. The minimum atomic E-state index is -1.04. The molecule has 19 heavy (non-hydrogen) atoms. The molecule has 0 fully saturated rings. The predicted molar refractivity (Wildman–Crippen MR) is 70.9 cm³/mol. The summed E-state index contributed by atoms with van der Waals surface area (Å²) in [7, 11) is 0. The molecule has 0 saturated heterocycles. The molecule has 0 aliphatic rings. The Balaban J connectivity index is 2.22. The van der Waals surface area contributed by atoms with E-state index < -0.39 is 5.97 Å². The van der Waals surface area contributed by atoms with Crippen LogP contribution in [0.1, 0.15) is 10.4 Å². The molecule has 0 aliphatic heterocycles. The third-order valence-electron chi connectivity index (χ3n) is 2.64. The molecule has 5 nitrogen and oxygen atoms in total. The van der Waals surface area contributed by atoms with Crippen molar-refractivity contribution >= 4 is 28.1 Å². The van der Waals surface area contributed by atoms with Crippen LogP contribution in [0.2, 0.25) is 0 Å². The molecule has 0 aliphatic carbocycles. The zero-order valence-corrected chi connectivity index (χ0v) is 10.4. The number of hydrogen-bond donors (Lipinski definition) is 1. The Morgan fingerprint density at radius 2 is 2.05 bits per heavy atom. The van der Waals surface area contributed by atoms with Crippen LogP contribution in [0, 0.1) is 0 Å². The van der Waals surface area contributed by atoms with E-state index in [1.54, 1.807) is 6.07 Å². The Morgan fingerprint density at radius 1 is 1.21 bits per heavy atom. The second-order valence-corrected chi connectivity index (χ2v) is 4.57. The second kappa shape index (κ2) is 4.66. The van der Waals surface area contributed by atoms with Gasteiger partial charge in [-0.05, 0) is 11.5 Å². The summed E-state index contributed by atoms with van der Waals surface area (Å²) in [6.45, 7) is 0. The quantitative estimate of drug-likeness (QED) is 0.792. The van der Waals surface area contributed by atoms with E-state index in [2.05, 4.69) is 10.2 Å². The summed E-state index contributed by atoms with van der Waals surface area (Å²) in [4.78, 5) is 11.3. The monoisotopic (exact) mass is 272 g/mol. The molecule has 1 heterocycles. The number of nitrogens with zero attached hydrogens (tertiary/aromatic N) is 2. The molecule has 1 aromatic heterocycles. The molecule has 1 N–H and O–H groups in total. The van der Waals surface area contributed by atoms with Crippen LogP contribution in [0.5, 0.6) is 10.9 Å². The van der Waals surface area contributed by atoms with Gasteiger partial charge in [0.1, 0.15) is 11.1 Å². The fourth-order valence-electron chi connectivity index (χ4n) is 1.82. The number of benzene rings is 2. The number of aromatic carboxylic acids is 1. The summed E-state index contributed by atoms with van der Waals surface area (Å²) in [5.41, 5.74) is 1.63. The molecular weight excluding hydrogens is 264 g/mol. The molecule has 3 rings (SSSR count). The smallest absolute Gasteiger partial charge is 0.339 e. The number of rotatable bonds is 3. The van der Waals surface area contributed by atoms with Gasteiger partial charge in [-0.15, -0.1) is 5.10 Å². The molecule has 3 aromatic rings. The van der Waals surface area contributed by atoms with Gasteiger partial charge in [0.25, 0.3) is 5.19 Å². The summed E-state index contributed by atoms with van der Waals surface area (Å²) in [5, 5.41) is 18.6. The molecule has 0 atom stereocenters. The Labute approximate surface area is 112 Å². The lowest BCUT2D eigenvalue weighted by molar-refractivity contribution is 0.0694. The van der Waals surface area contributed by atoms with Crippen LogP contribution < -0.4 is 4.74 Å². The molecule has 0 saturated carbocycles. The summed E-state index contributed by atoms with van der Waals surface area (Å²) in [6.07, 6.45) is 0. The van der Waals surface area contributed by atoms with E-state index in [1.165, 1.54) is 22.9 Å². The highest BCUT2D eigenvalue weighted by Gasteiger charge is 2.16. The molecule has 0 spiro atoms. The van der Waals surface area contributed by atoms with E-state index in [0.717, 1.165) is 10.8 Å². The first-order valence-corrected chi connectivity index (χ1v) is 6.33. The average Bonchev–Trinajstić information content (AvgIpc) is 2.92. The highest BCUT2D eigenvalue weighted by atomic mass is 32.1. The van der Waals surface area contributed by atoms with Crippen LogP contribution in [-0.2, 0) is 0 Å². The van der Waals surface area contributed by atoms with E-state index in [1.807, 2.05) is 24.3 Å². The summed E-state index contributed by atoms with van der Waals surface area (Å²) >= 11 is 1.21. The van der Waals surface area contributed by atoms with Gasteiger partial charge in [-0.1, -0.05) is 46.8 Å². The van der Waals surface area contributed by atoms with Crippen LogP contribution in [0.15, 0.2) is 41.9 Å². The van der Waals surface area contributed by atoms with E-state index in [9.17, 15) is 9.90 Å². The minimum absolute atomic E-state index is 0.105. The lowest BCUT2D eigenvalue weighted by atomic mass is 10.1. The van der Waals surface area contributed by atoms with Crippen molar-refractivity contribution in [1.29, 1.82) is 0 Å². The molecule has 6 heteroatoms. The van der Waals surface area contributed by atoms with Gasteiger partial charge in [-0.2, -0.15) is 0 Å². The number of hydrogen-bond acceptors (Lipinski definition) is 5. The van der Waals surface area contributed by atoms with Crippen LogP contribution >= 0.6 is 11.3 Å². The maximum atomic E-state index is 11.3. The van der Waals surface area contributed by atoms with Gasteiger partial charge in [0.15, 0.2) is 5.75 Å². The van der Waals surface area contributed by atoms with Crippen LogP contribution in [0.25, 0.3) is 10.8 Å². The highest BCUT2D eigenvalue weighted by Crippen LogP contribution is 2.34. The maximum absolute atomic E-state index is 11.3. The van der Waals surface area contributed by atoms with E-state index in [4.69, 9.17) is 4.74 Å². The standard InChI is InChI=1S/C13H8N2O3S/c16-12(17)10-6-5-8-3-1-2-4-9(8)11(10)18-13-15-14-7-19-13/h1-7H,(H,16,17). The van der Waals surface area contributed by atoms with Crippen molar-refractivity contribution in [1.82, 2.24) is 10.2 Å². The summed E-state index contributed by atoms with van der Waals surface area (Å²) in [5.74, 6) is -0.743. The molecule has 0 amide bonds. The van der Waals surface area contributed by atoms with Gasteiger partial charge in [0, 0.05) is 5.39 Å². The van der Waals surface area contributed by atoms with Gasteiger partial charge in [-0.3, -0.25) is 0 Å². The normalized spacial score (nSPS) is 10.5. The van der Waals surface area contributed by atoms with Crippen molar-refractivity contribution < 1.29 is 14.6 Å². The van der Waals surface area contributed by atoms with Crippen LogP contribution in [0.4, 0.5) is 0 Å². The van der Waals surface area contributed by atoms with Crippen LogP contribution in [0.3, 0.4) is 0 Å². The third kappa shape index (κ3) is 2.13. The molecule has 94 valence electrons. The number of carbonyl (C=O) groups is 1. The number of aromatic nitrogens is 2. The molecule has 2 aromatic carbocycles. The molecule has 0 unspecified atom stereocenters. The molecule has 0 bridgehead atoms. The first kappa shape index (κ1) is 11.6. The Hall–Kier alpha value is -2.47. The Bertz CT molecular complexity index is 741. The fourth-order valence-corrected chi connectivity index (χ4v) is 2.23. The van der Waals surface area contributed by atoms with Crippen molar-refractivity contribution in [2.24, 2.45) is 0 Å². The number of carboxylic acids is 1. The van der Waals surface area contributed by atoms with Gasteiger partial charge in [0.2, 0.25) is 0 Å². The first-order valence-electron chi connectivity index (χ1n) is 5.45. The predicted octanol–water partition coefficient (Wildman–Crippen LogP) is 3.18. The van der Waals surface area contributed by atoms with E-state index >= 15 is 0 Å². The minimum Gasteiger partial charge on any atom is -0.478 e. The van der Waals surface area contributed by atoms with Crippen molar-refractivity contribution in [3.05, 3.63) is 47.5 Å². The number of carboxylic acid groups (broad SMARTS) is 1. The van der Waals surface area contributed by atoms with Gasteiger partial charge < -0.3 is 9.84 Å². The molecule has 0 radical (unpaired) electrons. The second-order valence-electron chi connectivity index (χ2n) is 3.78. The SMILES string of the molecule is O=C(O)c1ccc2ccccc2c1Oc1nncs1. The van der Waals surface area contributed by atoms with Crippen LogP contribution in [-0.4, -0.2) is 21.3 Å². The zero-order chi connectivity index (χ0) is 13.2. The Morgan fingerprint density at radius 3 is 2.79 bits per heavy atom. The maximum Gasteiger partial charge on any atom is 0.339 e. The number of fused-ring (bicyclic) bond motifs is 1. The van der Waals surface area contributed by atoms with Gasteiger partial charge in [-0.25, -0.2) is 4.79 Å². The largest absolute Gasteiger partial charge is 0.478 e. The van der Waals surface area contributed by atoms with Crippen molar-refractivity contribution in [2.45, 2.75) is 0 Å². The first-order chi connectivity index (χ1) is 9.25. The van der Waals surface area contributed by atoms with Crippen molar-refractivity contribution in [3.8, 4) is 10.9 Å². The highest BCUT2D eigenvalue weighted by molar-refractivity contribution is 7.11. The van der Waals surface area contributed by atoms with Crippen molar-refractivity contribution in [3.63, 3.8) is 0 Å². The lowest BCUT2D eigenvalue weighted by Gasteiger charge is -2.09.